The van der Waals surface area contributed by atoms with Crippen molar-refractivity contribution in [2.75, 3.05) is 19.1 Å². The third kappa shape index (κ3) is 4.07. The largest absolute Gasteiger partial charge is 0.504 e. The maximum absolute atomic E-state index is 14.4. The average Bonchev–Trinajstić information content (AvgIpc) is 3.67. The molecule has 0 radical (unpaired) electrons. The smallest absolute Gasteiger partial charge is 0.253 e. The van der Waals surface area contributed by atoms with E-state index in [1.165, 1.54) is 19.1 Å². The molecular weight excluding hydrogens is 772 g/mol. The zero-order chi connectivity index (χ0) is 33.9. The third-order valence-corrected chi connectivity index (χ3v) is 12.5. The molecule has 8 rings (SSSR count). The van der Waals surface area contributed by atoms with E-state index in [0.717, 1.165) is 4.90 Å². The monoisotopic (exact) mass is 797 g/mol. The minimum atomic E-state index is -1.94. The van der Waals surface area contributed by atoms with Crippen LogP contribution in [-0.4, -0.2) is 62.5 Å². The van der Waals surface area contributed by atoms with E-state index in [1.807, 2.05) is 52.9 Å². The van der Waals surface area contributed by atoms with Crippen molar-refractivity contribution in [2.24, 2.45) is 17.8 Å². The van der Waals surface area contributed by atoms with Gasteiger partial charge in [-0.15, -0.1) is 23.2 Å². The maximum Gasteiger partial charge on any atom is 0.253 e. The van der Waals surface area contributed by atoms with E-state index in [-0.39, 0.29) is 30.2 Å². The molecule has 4 aromatic rings. The lowest BCUT2D eigenvalue weighted by molar-refractivity contribution is -0.138. The highest BCUT2D eigenvalue weighted by Gasteiger charge is 2.76. The Morgan fingerprint density at radius 1 is 1.00 bits per heavy atom. The number of amides is 4. The number of hydrogen-bond acceptors (Lipinski definition) is 8. The number of aromatic hydroxyl groups is 1. The second-order valence-electron chi connectivity index (χ2n) is 12.6. The van der Waals surface area contributed by atoms with Crippen molar-refractivity contribution in [3.8, 4) is 23.0 Å². The number of rotatable bonds is 4. The number of alkyl halides is 2. The number of para-hydroxylation sites is 2. The van der Waals surface area contributed by atoms with Gasteiger partial charge in [-0.1, -0.05) is 23.8 Å². The van der Waals surface area contributed by atoms with Gasteiger partial charge in [0.2, 0.25) is 17.7 Å². The number of ether oxygens (including phenoxy) is 1. The first-order valence-electron chi connectivity index (χ1n) is 15.2. The molecule has 4 aliphatic rings. The van der Waals surface area contributed by atoms with Gasteiger partial charge in [0.1, 0.15) is 5.52 Å². The van der Waals surface area contributed by atoms with Crippen molar-refractivity contribution >= 4 is 86.2 Å². The van der Waals surface area contributed by atoms with Crippen LogP contribution in [0.25, 0.3) is 22.6 Å². The summed E-state index contributed by atoms with van der Waals surface area (Å²) in [6.45, 7) is 0. The number of hydrogen-bond donors (Lipinski definition) is 1. The summed E-state index contributed by atoms with van der Waals surface area (Å²) >= 11 is 16.5. The highest BCUT2D eigenvalue weighted by molar-refractivity contribution is 14.1. The quantitative estimate of drug-likeness (QED) is 0.115. The summed E-state index contributed by atoms with van der Waals surface area (Å²) in [5.41, 5.74) is 3.57. The number of carbonyl (C=O) groups excluding carboxylic acids is 4. The molecule has 0 spiro atoms. The Balaban J connectivity index is 1.19. The lowest BCUT2D eigenvalue weighted by Crippen LogP contribution is -2.60. The molecule has 10 nitrogen and oxygen atoms in total. The minimum absolute atomic E-state index is 0.0899. The van der Waals surface area contributed by atoms with E-state index in [0.29, 0.717) is 42.9 Å². The first-order valence-corrected chi connectivity index (χ1v) is 17.0. The van der Waals surface area contributed by atoms with E-state index >= 15 is 0 Å². The number of fused-ring (bicyclic) bond motifs is 5. The predicted molar refractivity (Wildman–Crippen MR) is 185 cm³/mol. The number of likely N-dealkylation sites (tertiary alicyclic amines) is 1. The molecule has 1 aromatic heterocycles. The lowest BCUT2D eigenvalue weighted by Gasteiger charge is -2.50. The Hall–Kier alpha value is -3.94. The number of anilines is 1. The number of methoxy groups -OCH3 is 1. The molecular formula is C35H26Cl2IN3O7. The first-order chi connectivity index (χ1) is 22.9. The van der Waals surface area contributed by atoms with Crippen LogP contribution in [-0.2, 0) is 19.2 Å². The van der Waals surface area contributed by atoms with E-state index in [4.69, 9.17) is 32.4 Å². The number of carbonyl (C=O) groups is 4. The molecule has 6 atom stereocenters. The third-order valence-electron chi connectivity index (χ3n) is 10.3. The van der Waals surface area contributed by atoms with Gasteiger partial charge in [0.15, 0.2) is 26.8 Å². The van der Waals surface area contributed by atoms with E-state index in [2.05, 4.69) is 4.98 Å². The fraction of sp³-hybridized carbons (Fsp3) is 0.286. The average molecular weight is 798 g/mol. The SMILES string of the molecule is COc1cc(C2C3=CCC4C(=O)N(c5ccc(-c6nc7ccccc7o6)cc5)C(=O)C4C3CC3(Cl)C(=O)N(C)C(=O)C23Cl)cc(I)c1O. The summed E-state index contributed by atoms with van der Waals surface area (Å²) in [4.78, 5) is 58.7. The van der Waals surface area contributed by atoms with Crippen LogP contribution < -0.4 is 9.64 Å². The van der Waals surface area contributed by atoms with Gasteiger partial charge in [0.25, 0.3) is 11.8 Å². The summed E-state index contributed by atoms with van der Waals surface area (Å²) in [6, 6.07) is 17.5. The van der Waals surface area contributed by atoms with Crippen molar-refractivity contribution in [2.45, 2.75) is 28.5 Å². The lowest BCUT2D eigenvalue weighted by atomic mass is 9.56. The molecule has 2 aliphatic carbocycles. The number of nitrogens with zero attached hydrogens (tertiary/aromatic N) is 3. The number of allylic oxidation sites excluding steroid dienone is 2. The van der Waals surface area contributed by atoms with Gasteiger partial charge in [0, 0.05) is 18.5 Å². The molecule has 3 heterocycles. The van der Waals surface area contributed by atoms with Gasteiger partial charge < -0.3 is 14.3 Å². The Bertz CT molecular complexity index is 2100. The molecule has 6 unspecified atom stereocenters. The van der Waals surface area contributed by atoms with E-state index in [1.54, 1.807) is 36.4 Å². The molecule has 3 fully saturated rings. The standard InChI is InChI=1S/C35H26Cl2IN3O7/c1-40-32(45)34(36)15-21-19(27(35(34,37)33(40)46)17-13-22(38)28(42)25(14-17)47-2)11-12-20-26(21)31(44)41(30(20)43)18-9-7-16(8-10-18)29-39-23-5-3-4-6-24(23)48-29/h3-11,13-14,20-21,26-27,42H,12,15H2,1-2H3. The summed E-state index contributed by atoms with van der Waals surface area (Å²) < 4.78 is 11.7. The summed E-state index contributed by atoms with van der Waals surface area (Å²) in [7, 11) is 2.74. The summed E-state index contributed by atoms with van der Waals surface area (Å²) in [5.74, 6) is -4.82. The van der Waals surface area contributed by atoms with Crippen LogP contribution in [0.3, 0.4) is 0 Å². The van der Waals surface area contributed by atoms with Crippen LogP contribution >= 0.6 is 45.8 Å². The predicted octanol–water partition coefficient (Wildman–Crippen LogP) is 6.01. The van der Waals surface area contributed by atoms with Gasteiger partial charge >= 0.3 is 0 Å². The fourth-order valence-electron chi connectivity index (χ4n) is 8.04. The molecule has 4 amide bonds. The van der Waals surface area contributed by atoms with Crippen LogP contribution in [0.15, 0.2) is 76.7 Å². The molecule has 2 saturated heterocycles. The van der Waals surface area contributed by atoms with Gasteiger partial charge in [0.05, 0.1) is 28.2 Å². The van der Waals surface area contributed by atoms with Gasteiger partial charge in [-0.25, -0.2) is 4.98 Å². The minimum Gasteiger partial charge on any atom is -0.504 e. The maximum atomic E-state index is 14.4. The number of oxazole rings is 1. The summed E-state index contributed by atoms with van der Waals surface area (Å²) in [5, 5.41) is 10.6. The Labute approximate surface area is 297 Å². The number of phenols is 1. The van der Waals surface area contributed by atoms with Crippen molar-refractivity contribution in [1.29, 1.82) is 0 Å². The van der Waals surface area contributed by atoms with Crippen LogP contribution in [0.4, 0.5) is 5.69 Å². The zero-order valence-electron chi connectivity index (χ0n) is 25.4. The zero-order valence-corrected chi connectivity index (χ0v) is 29.1. The fourth-order valence-corrected chi connectivity index (χ4v) is 9.68. The highest BCUT2D eigenvalue weighted by atomic mass is 127. The number of halogens is 3. The van der Waals surface area contributed by atoms with Crippen molar-refractivity contribution in [1.82, 2.24) is 9.88 Å². The molecule has 244 valence electrons. The van der Waals surface area contributed by atoms with Crippen LogP contribution in [0.5, 0.6) is 11.5 Å². The van der Waals surface area contributed by atoms with Gasteiger partial charge in [-0.2, -0.15) is 0 Å². The summed E-state index contributed by atoms with van der Waals surface area (Å²) in [6.07, 6.45) is 1.97. The normalized spacial score (nSPS) is 29.6. The van der Waals surface area contributed by atoms with E-state index in [9.17, 15) is 24.3 Å². The number of imide groups is 2. The Kier molecular flexibility index (Phi) is 7.04. The van der Waals surface area contributed by atoms with Gasteiger partial charge in [-0.05, 0) is 95.4 Å². The first kappa shape index (κ1) is 31.3. The van der Waals surface area contributed by atoms with Crippen LogP contribution in [0.1, 0.15) is 24.3 Å². The number of phenolic OH excluding ortho intramolecular Hbond substituents is 1. The van der Waals surface area contributed by atoms with E-state index < -0.39 is 51.1 Å². The molecule has 13 heteroatoms. The Morgan fingerprint density at radius 2 is 1.73 bits per heavy atom. The molecule has 48 heavy (non-hydrogen) atoms. The topological polar surface area (TPSA) is 130 Å². The molecule has 3 aromatic carbocycles. The van der Waals surface area contributed by atoms with Crippen molar-refractivity contribution in [3.05, 3.63) is 81.4 Å². The highest BCUT2D eigenvalue weighted by Crippen LogP contribution is 2.65. The Morgan fingerprint density at radius 3 is 2.44 bits per heavy atom. The van der Waals surface area contributed by atoms with Crippen LogP contribution in [0.2, 0.25) is 0 Å². The molecule has 1 N–H and O–H groups in total. The van der Waals surface area contributed by atoms with Crippen molar-refractivity contribution in [3.63, 3.8) is 0 Å². The number of benzene rings is 3. The van der Waals surface area contributed by atoms with Crippen molar-refractivity contribution < 1.29 is 33.4 Å². The molecule has 1 saturated carbocycles. The number of aromatic nitrogens is 1. The molecule has 0 bridgehead atoms. The second kappa shape index (κ2) is 10.8. The van der Waals surface area contributed by atoms with Crippen LogP contribution in [0, 0.1) is 21.3 Å². The molecule has 2 aliphatic heterocycles. The second-order valence-corrected chi connectivity index (χ2v) is 15.0. The van der Waals surface area contributed by atoms with Gasteiger partial charge in [-0.3, -0.25) is 29.0 Å².